The van der Waals surface area contributed by atoms with Crippen molar-refractivity contribution in [3.63, 3.8) is 0 Å². The zero-order chi connectivity index (χ0) is 16.5. The van der Waals surface area contributed by atoms with E-state index in [1.807, 2.05) is 25.2 Å². The Morgan fingerprint density at radius 3 is 2.36 bits per heavy atom. The molecule has 0 aliphatic carbocycles. The lowest BCUT2D eigenvalue weighted by Gasteiger charge is -2.32. The SMILES string of the molecule is CNCC(=Cc1cc(N)ccc1C)B1OC(C)(C)C(C)(C)O1. The van der Waals surface area contributed by atoms with Gasteiger partial charge in [-0.05, 0) is 70.4 Å². The highest BCUT2D eigenvalue weighted by atomic mass is 16.7. The molecule has 0 radical (unpaired) electrons. The molecule has 4 nitrogen and oxygen atoms in total. The van der Waals surface area contributed by atoms with E-state index in [2.05, 4.69) is 46.0 Å². The van der Waals surface area contributed by atoms with E-state index in [9.17, 15) is 0 Å². The highest BCUT2D eigenvalue weighted by Gasteiger charge is 2.52. The predicted octanol–water partition coefficient (Wildman–Crippen LogP) is 2.81. The van der Waals surface area contributed by atoms with E-state index in [0.717, 1.165) is 16.7 Å². The highest BCUT2D eigenvalue weighted by Crippen LogP contribution is 2.38. The maximum atomic E-state index is 6.16. The van der Waals surface area contributed by atoms with Crippen molar-refractivity contribution in [1.29, 1.82) is 0 Å². The van der Waals surface area contributed by atoms with Crippen molar-refractivity contribution in [2.24, 2.45) is 0 Å². The number of nitrogens with two attached hydrogens (primary N) is 1. The Kier molecular flexibility index (Phi) is 4.71. The molecular formula is C17H27BN2O2. The Balaban J connectivity index is 2.35. The molecule has 120 valence electrons. The van der Waals surface area contributed by atoms with E-state index >= 15 is 0 Å². The summed E-state index contributed by atoms with van der Waals surface area (Å²) in [6, 6.07) is 5.93. The first-order chi connectivity index (χ1) is 10.2. The molecule has 1 aliphatic heterocycles. The van der Waals surface area contributed by atoms with Crippen molar-refractivity contribution in [2.75, 3.05) is 19.3 Å². The van der Waals surface area contributed by atoms with Crippen LogP contribution in [0, 0.1) is 6.92 Å². The summed E-state index contributed by atoms with van der Waals surface area (Å²) in [5.74, 6) is 0. The van der Waals surface area contributed by atoms with E-state index < -0.39 is 0 Å². The zero-order valence-corrected chi connectivity index (χ0v) is 14.5. The highest BCUT2D eigenvalue weighted by molar-refractivity contribution is 6.55. The second-order valence-electron chi connectivity index (χ2n) is 6.95. The van der Waals surface area contributed by atoms with Crippen LogP contribution in [0.2, 0.25) is 0 Å². The van der Waals surface area contributed by atoms with Crippen LogP contribution in [-0.2, 0) is 9.31 Å². The molecule has 3 N–H and O–H groups in total. The van der Waals surface area contributed by atoms with Crippen LogP contribution in [0.15, 0.2) is 23.7 Å². The van der Waals surface area contributed by atoms with E-state index in [-0.39, 0.29) is 18.3 Å². The van der Waals surface area contributed by atoms with Gasteiger partial charge in [0.2, 0.25) is 0 Å². The zero-order valence-electron chi connectivity index (χ0n) is 14.5. The summed E-state index contributed by atoms with van der Waals surface area (Å²) in [4.78, 5) is 0. The van der Waals surface area contributed by atoms with Crippen molar-refractivity contribution in [2.45, 2.75) is 45.8 Å². The number of nitrogen functional groups attached to an aromatic ring is 1. The van der Waals surface area contributed by atoms with Gasteiger partial charge in [0.25, 0.3) is 0 Å². The molecule has 5 heteroatoms. The molecular weight excluding hydrogens is 275 g/mol. The lowest BCUT2D eigenvalue weighted by Crippen LogP contribution is -2.41. The minimum Gasteiger partial charge on any atom is -0.400 e. The van der Waals surface area contributed by atoms with Crippen LogP contribution < -0.4 is 11.1 Å². The number of hydrogen-bond acceptors (Lipinski definition) is 4. The molecule has 1 aliphatic rings. The molecule has 0 aromatic heterocycles. The quantitative estimate of drug-likeness (QED) is 0.663. The Labute approximate surface area is 134 Å². The third-order valence-electron chi connectivity index (χ3n) is 4.58. The van der Waals surface area contributed by atoms with E-state index in [0.29, 0.717) is 6.54 Å². The van der Waals surface area contributed by atoms with Gasteiger partial charge in [0.1, 0.15) is 0 Å². The molecule has 2 rings (SSSR count). The van der Waals surface area contributed by atoms with Crippen molar-refractivity contribution >= 4 is 18.9 Å². The molecule has 22 heavy (non-hydrogen) atoms. The lowest BCUT2D eigenvalue weighted by molar-refractivity contribution is 0.00578. The maximum absolute atomic E-state index is 6.16. The Bertz CT molecular complexity index is 566. The average molecular weight is 302 g/mol. The fourth-order valence-corrected chi connectivity index (χ4v) is 2.42. The van der Waals surface area contributed by atoms with Crippen molar-refractivity contribution in [3.8, 4) is 0 Å². The summed E-state index contributed by atoms with van der Waals surface area (Å²) in [7, 11) is 1.57. The van der Waals surface area contributed by atoms with Gasteiger partial charge in [0.15, 0.2) is 0 Å². The van der Waals surface area contributed by atoms with Crippen molar-refractivity contribution < 1.29 is 9.31 Å². The molecule has 0 amide bonds. The fourth-order valence-electron chi connectivity index (χ4n) is 2.42. The molecule has 0 atom stereocenters. The van der Waals surface area contributed by atoms with Crippen molar-refractivity contribution in [3.05, 3.63) is 34.8 Å². The van der Waals surface area contributed by atoms with Gasteiger partial charge >= 0.3 is 7.12 Å². The number of rotatable bonds is 4. The summed E-state index contributed by atoms with van der Waals surface area (Å²) in [6.07, 6.45) is 2.12. The van der Waals surface area contributed by atoms with Crippen LogP contribution in [-0.4, -0.2) is 31.9 Å². The van der Waals surface area contributed by atoms with Gasteiger partial charge in [-0.1, -0.05) is 12.1 Å². The van der Waals surface area contributed by atoms with Gasteiger partial charge in [-0.2, -0.15) is 0 Å². The predicted molar refractivity (Wildman–Crippen MR) is 93.6 cm³/mol. The Morgan fingerprint density at radius 1 is 1.23 bits per heavy atom. The van der Waals surface area contributed by atoms with Crippen LogP contribution in [0.1, 0.15) is 38.8 Å². The Morgan fingerprint density at radius 2 is 1.82 bits per heavy atom. The third kappa shape index (κ3) is 3.37. The standard InChI is InChI=1S/C17H27BN2O2/c1-12-7-8-15(19)10-13(12)9-14(11-20-6)18-21-16(2,3)17(4,5)22-18/h7-10,20H,11,19H2,1-6H3. The van der Waals surface area contributed by atoms with Crippen LogP contribution in [0.4, 0.5) is 5.69 Å². The molecule has 1 aromatic rings. The van der Waals surface area contributed by atoms with Crippen LogP contribution in [0.5, 0.6) is 0 Å². The summed E-state index contributed by atoms with van der Waals surface area (Å²) in [6.45, 7) is 11.0. The van der Waals surface area contributed by atoms with Gasteiger partial charge in [-0.25, -0.2) is 0 Å². The van der Waals surface area contributed by atoms with E-state index in [4.69, 9.17) is 15.0 Å². The average Bonchev–Trinajstić information content (AvgIpc) is 2.62. The van der Waals surface area contributed by atoms with Crippen LogP contribution in [0.3, 0.4) is 0 Å². The fraction of sp³-hybridized carbons (Fsp3) is 0.529. The number of hydrogen-bond donors (Lipinski definition) is 2. The summed E-state index contributed by atoms with van der Waals surface area (Å²) < 4.78 is 12.3. The minimum absolute atomic E-state index is 0.338. The molecule has 0 unspecified atom stereocenters. The summed E-state index contributed by atoms with van der Waals surface area (Å²) in [5, 5.41) is 3.19. The second-order valence-corrected chi connectivity index (χ2v) is 6.95. The van der Waals surface area contributed by atoms with E-state index in [1.165, 1.54) is 5.56 Å². The monoisotopic (exact) mass is 302 g/mol. The Hall–Kier alpha value is -1.30. The van der Waals surface area contributed by atoms with Gasteiger partial charge in [0, 0.05) is 12.2 Å². The number of likely N-dealkylation sites (N-methyl/N-ethyl adjacent to an activating group) is 1. The molecule has 1 fully saturated rings. The molecule has 0 saturated carbocycles. The topological polar surface area (TPSA) is 56.5 Å². The van der Waals surface area contributed by atoms with Crippen LogP contribution in [0.25, 0.3) is 6.08 Å². The maximum Gasteiger partial charge on any atom is 0.491 e. The largest absolute Gasteiger partial charge is 0.491 e. The molecule has 1 heterocycles. The molecule has 0 bridgehead atoms. The van der Waals surface area contributed by atoms with Crippen molar-refractivity contribution in [1.82, 2.24) is 5.32 Å². The van der Waals surface area contributed by atoms with Gasteiger partial charge in [-0.3, -0.25) is 0 Å². The first kappa shape index (κ1) is 17.1. The van der Waals surface area contributed by atoms with Gasteiger partial charge in [-0.15, -0.1) is 0 Å². The first-order valence-corrected chi connectivity index (χ1v) is 7.73. The number of aryl methyl sites for hydroxylation is 1. The first-order valence-electron chi connectivity index (χ1n) is 7.73. The third-order valence-corrected chi connectivity index (χ3v) is 4.58. The molecule has 0 spiro atoms. The number of benzene rings is 1. The van der Waals surface area contributed by atoms with Gasteiger partial charge < -0.3 is 20.4 Å². The van der Waals surface area contributed by atoms with Gasteiger partial charge in [0.05, 0.1) is 11.2 Å². The second kappa shape index (κ2) is 6.07. The number of anilines is 1. The minimum atomic E-state index is -0.349. The molecule has 1 aromatic carbocycles. The lowest BCUT2D eigenvalue weighted by atomic mass is 9.76. The van der Waals surface area contributed by atoms with Crippen LogP contribution >= 0.6 is 0 Å². The summed E-state index contributed by atoms with van der Waals surface area (Å²) >= 11 is 0. The van der Waals surface area contributed by atoms with E-state index in [1.54, 1.807) is 0 Å². The summed E-state index contributed by atoms with van der Waals surface area (Å²) in [5.41, 5.74) is 9.33. The number of nitrogens with one attached hydrogen (secondary N) is 1. The molecule has 1 saturated heterocycles. The normalized spacial score (nSPS) is 20.5. The smallest absolute Gasteiger partial charge is 0.400 e.